The van der Waals surface area contributed by atoms with Crippen LogP contribution in [0.15, 0.2) is 29.2 Å². The molecule has 1 aliphatic rings. The van der Waals surface area contributed by atoms with Gasteiger partial charge in [0.15, 0.2) is 5.69 Å². The van der Waals surface area contributed by atoms with Gasteiger partial charge in [-0.05, 0) is 18.2 Å². The number of aromatic nitrogens is 2. The Bertz CT molecular complexity index is 1040. The fourth-order valence-electron chi connectivity index (χ4n) is 2.85. The normalized spacial score (nSPS) is 16.0. The highest BCUT2D eigenvalue weighted by Crippen LogP contribution is 2.31. The molecule has 164 valence electrons. The summed E-state index contributed by atoms with van der Waals surface area (Å²) in [6.07, 6.45) is -4.64. The predicted octanol–water partition coefficient (Wildman–Crippen LogP) is 2.86. The minimum Gasteiger partial charge on any atom is -0.363 e. The summed E-state index contributed by atoms with van der Waals surface area (Å²) in [7, 11) is -0.813. The van der Waals surface area contributed by atoms with Crippen molar-refractivity contribution in [1.82, 2.24) is 14.3 Å². The zero-order valence-corrected chi connectivity index (χ0v) is 17.6. The maximum absolute atomic E-state index is 13.3. The first kappa shape index (κ1) is 22.5. The lowest BCUT2D eigenvalue weighted by Gasteiger charge is -2.34. The van der Waals surface area contributed by atoms with Gasteiger partial charge in [-0.25, -0.2) is 17.8 Å². The molecule has 0 N–H and O–H groups in total. The molecule has 0 unspecified atom stereocenters. The van der Waals surface area contributed by atoms with Crippen LogP contribution in [0.1, 0.15) is 5.69 Å². The van der Waals surface area contributed by atoms with E-state index in [0.717, 1.165) is 28.6 Å². The van der Waals surface area contributed by atoms with E-state index in [0.29, 0.717) is 0 Å². The van der Waals surface area contributed by atoms with Gasteiger partial charge in [0, 0.05) is 46.3 Å². The van der Waals surface area contributed by atoms with Crippen LogP contribution in [0.4, 0.5) is 29.3 Å². The van der Waals surface area contributed by atoms with Crippen molar-refractivity contribution in [3.63, 3.8) is 0 Å². The number of nitrogens with zero attached hydrogens (tertiary/aromatic N) is 5. The summed E-state index contributed by atoms with van der Waals surface area (Å²) in [4.78, 5) is 10.5. The lowest BCUT2D eigenvalue weighted by molar-refractivity contribution is -0.141. The van der Waals surface area contributed by atoms with Gasteiger partial charge in [-0.2, -0.15) is 22.5 Å². The van der Waals surface area contributed by atoms with Crippen LogP contribution in [0.3, 0.4) is 0 Å². The third kappa shape index (κ3) is 4.60. The van der Waals surface area contributed by atoms with Gasteiger partial charge >= 0.3 is 6.18 Å². The van der Waals surface area contributed by atoms with Gasteiger partial charge in [0.25, 0.3) is 0 Å². The molecule has 1 aromatic heterocycles. The first-order valence-electron chi connectivity index (χ1n) is 8.73. The molecule has 0 aliphatic carbocycles. The number of piperazine rings is 1. The van der Waals surface area contributed by atoms with Crippen LogP contribution in [0.5, 0.6) is 0 Å². The van der Waals surface area contributed by atoms with Crippen molar-refractivity contribution < 1.29 is 26.0 Å². The number of sulfonamides is 1. The maximum atomic E-state index is 13.3. The number of hydrogen-bond acceptors (Lipinski definition) is 6. The van der Waals surface area contributed by atoms with Crippen molar-refractivity contribution in [2.75, 3.05) is 50.1 Å². The smallest absolute Gasteiger partial charge is 0.363 e. The number of halogens is 5. The average Bonchev–Trinajstić information content (AvgIpc) is 2.69. The van der Waals surface area contributed by atoms with Crippen molar-refractivity contribution in [3.05, 3.63) is 40.8 Å². The van der Waals surface area contributed by atoms with E-state index in [-0.39, 0.29) is 47.9 Å². The monoisotopic (exact) mass is 467 g/mol. The Morgan fingerprint density at radius 1 is 1.07 bits per heavy atom. The van der Waals surface area contributed by atoms with E-state index in [4.69, 9.17) is 11.6 Å². The first-order chi connectivity index (χ1) is 13.9. The summed E-state index contributed by atoms with van der Waals surface area (Å²) in [6.45, 7) is 0.160. The summed E-state index contributed by atoms with van der Waals surface area (Å²) >= 11 is 5.68. The molecule has 1 saturated heterocycles. The van der Waals surface area contributed by atoms with E-state index in [1.165, 1.54) is 9.80 Å². The van der Waals surface area contributed by atoms with Crippen LogP contribution >= 0.6 is 11.6 Å². The molecule has 3 rings (SSSR count). The van der Waals surface area contributed by atoms with Gasteiger partial charge in [0.1, 0.15) is 11.6 Å². The summed E-state index contributed by atoms with van der Waals surface area (Å²) < 4.78 is 79.6. The molecule has 0 bridgehead atoms. The van der Waals surface area contributed by atoms with Gasteiger partial charge in [-0.1, -0.05) is 11.6 Å². The SMILES string of the molecule is CN(C)c1cc(C(F)(F)F)nc(N2CCN(S(=O)(=O)c3ccc(F)c(Cl)c3)CC2)n1. The molecule has 0 atom stereocenters. The molecule has 30 heavy (non-hydrogen) atoms. The molecular formula is C17H18ClF4N5O2S. The minimum absolute atomic E-state index is 0.00572. The largest absolute Gasteiger partial charge is 0.433 e. The van der Waals surface area contributed by atoms with E-state index in [2.05, 4.69) is 9.97 Å². The lowest BCUT2D eigenvalue weighted by atomic mass is 10.3. The van der Waals surface area contributed by atoms with Gasteiger partial charge in [0.2, 0.25) is 16.0 Å². The number of benzene rings is 1. The van der Waals surface area contributed by atoms with Gasteiger partial charge in [-0.15, -0.1) is 0 Å². The van der Waals surface area contributed by atoms with Crippen molar-refractivity contribution in [1.29, 1.82) is 0 Å². The van der Waals surface area contributed by atoms with Crippen LogP contribution in [0.2, 0.25) is 5.02 Å². The quantitative estimate of drug-likeness (QED) is 0.644. The Morgan fingerprint density at radius 3 is 2.23 bits per heavy atom. The molecule has 0 radical (unpaired) electrons. The predicted molar refractivity (Wildman–Crippen MR) is 104 cm³/mol. The van der Waals surface area contributed by atoms with Crippen LogP contribution in [0, 0.1) is 5.82 Å². The average molecular weight is 468 g/mol. The van der Waals surface area contributed by atoms with Gasteiger partial charge < -0.3 is 9.80 Å². The fraction of sp³-hybridized carbons (Fsp3) is 0.412. The number of hydrogen-bond donors (Lipinski definition) is 0. The second kappa shape index (κ2) is 8.16. The number of rotatable bonds is 4. The molecule has 0 spiro atoms. The topological polar surface area (TPSA) is 69.6 Å². The molecule has 13 heteroatoms. The lowest BCUT2D eigenvalue weighted by Crippen LogP contribution is -2.49. The molecule has 1 aliphatic heterocycles. The van der Waals surface area contributed by atoms with E-state index in [1.54, 1.807) is 14.1 Å². The standard InChI is InChI=1S/C17H18ClF4N5O2S/c1-25(2)15-10-14(17(20,21)22)23-16(24-15)26-5-7-27(8-6-26)30(28,29)11-3-4-13(19)12(18)9-11/h3-4,9-10H,5-8H2,1-2H3. The summed E-state index contributed by atoms with van der Waals surface area (Å²) in [5.74, 6) is -0.780. The van der Waals surface area contributed by atoms with Crippen LogP contribution < -0.4 is 9.80 Å². The van der Waals surface area contributed by atoms with Crippen LogP contribution in [-0.4, -0.2) is 63.0 Å². The Morgan fingerprint density at radius 2 is 1.70 bits per heavy atom. The Balaban J connectivity index is 1.81. The number of anilines is 2. The fourth-order valence-corrected chi connectivity index (χ4v) is 4.55. The van der Waals surface area contributed by atoms with E-state index in [9.17, 15) is 26.0 Å². The highest BCUT2D eigenvalue weighted by atomic mass is 35.5. The molecule has 7 nitrogen and oxygen atoms in total. The van der Waals surface area contributed by atoms with Crippen molar-refractivity contribution in [3.8, 4) is 0 Å². The molecule has 2 heterocycles. The summed E-state index contributed by atoms with van der Waals surface area (Å²) in [6, 6.07) is 3.95. The summed E-state index contributed by atoms with van der Waals surface area (Å²) in [5, 5.41) is -0.316. The molecule has 2 aromatic rings. The third-order valence-electron chi connectivity index (χ3n) is 4.50. The molecule has 0 amide bonds. The first-order valence-corrected chi connectivity index (χ1v) is 10.5. The Labute approximate surface area is 175 Å². The molecule has 1 fully saturated rings. The van der Waals surface area contributed by atoms with Crippen molar-refractivity contribution in [2.24, 2.45) is 0 Å². The second-order valence-electron chi connectivity index (χ2n) is 6.77. The minimum atomic E-state index is -4.64. The molecular weight excluding hydrogens is 450 g/mol. The van der Waals surface area contributed by atoms with E-state index < -0.39 is 27.7 Å². The van der Waals surface area contributed by atoms with Gasteiger partial charge in [0.05, 0.1) is 9.92 Å². The number of alkyl halides is 3. The summed E-state index contributed by atoms with van der Waals surface area (Å²) in [5.41, 5.74) is -1.08. The van der Waals surface area contributed by atoms with E-state index >= 15 is 0 Å². The van der Waals surface area contributed by atoms with Gasteiger partial charge in [-0.3, -0.25) is 0 Å². The zero-order chi connectivity index (χ0) is 22.3. The zero-order valence-electron chi connectivity index (χ0n) is 16.0. The molecule has 0 saturated carbocycles. The highest BCUT2D eigenvalue weighted by Gasteiger charge is 2.35. The van der Waals surface area contributed by atoms with E-state index in [1.807, 2.05) is 0 Å². The van der Waals surface area contributed by atoms with Crippen molar-refractivity contribution >= 4 is 33.4 Å². The maximum Gasteiger partial charge on any atom is 0.433 e. The Hall–Kier alpha value is -2.18. The highest BCUT2D eigenvalue weighted by molar-refractivity contribution is 7.89. The van der Waals surface area contributed by atoms with Crippen molar-refractivity contribution in [2.45, 2.75) is 11.1 Å². The second-order valence-corrected chi connectivity index (χ2v) is 9.12. The van der Waals surface area contributed by atoms with Crippen LogP contribution in [-0.2, 0) is 16.2 Å². The Kier molecular flexibility index (Phi) is 6.12. The van der Waals surface area contributed by atoms with Crippen LogP contribution in [0.25, 0.3) is 0 Å². The third-order valence-corrected chi connectivity index (χ3v) is 6.68. The molecule has 1 aromatic carbocycles.